The van der Waals surface area contributed by atoms with Crippen molar-refractivity contribution in [3.8, 4) is 11.4 Å². The zero-order valence-corrected chi connectivity index (χ0v) is 12.5. The van der Waals surface area contributed by atoms with Crippen LogP contribution in [0.5, 0.6) is 0 Å². The molecule has 2 aromatic rings. The summed E-state index contributed by atoms with van der Waals surface area (Å²) in [5, 5.41) is 3.93. The number of nitrogens with zero attached hydrogens (tertiary/aromatic N) is 2. The molecule has 1 aliphatic carbocycles. The molecule has 106 valence electrons. The second-order valence-electron chi connectivity index (χ2n) is 5.40. The first-order valence-corrected chi connectivity index (χ1v) is 7.39. The van der Waals surface area contributed by atoms with Crippen LogP contribution in [0.4, 0.5) is 4.39 Å². The van der Waals surface area contributed by atoms with Gasteiger partial charge in [0.25, 0.3) is 0 Å². The van der Waals surface area contributed by atoms with E-state index in [0.29, 0.717) is 34.7 Å². The molecule has 1 aliphatic rings. The van der Waals surface area contributed by atoms with Gasteiger partial charge in [0.15, 0.2) is 0 Å². The topological polar surface area (TPSA) is 64.9 Å². The van der Waals surface area contributed by atoms with Crippen LogP contribution in [0.2, 0.25) is 0 Å². The molecule has 0 aliphatic heterocycles. The van der Waals surface area contributed by atoms with E-state index >= 15 is 0 Å². The molecule has 20 heavy (non-hydrogen) atoms. The second kappa shape index (κ2) is 5.26. The molecule has 1 aromatic heterocycles. The molecule has 0 spiro atoms. The zero-order chi connectivity index (χ0) is 14.2. The van der Waals surface area contributed by atoms with Crippen LogP contribution >= 0.6 is 15.9 Å². The highest BCUT2D eigenvalue weighted by Gasteiger charge is 2.37. The molecular weight excluding hydrogens is 325 g/mol. The normalized spacial score (nSPS) is 16.9. The third-order valence-corrected chi connectivity index (χ3v) is 4.42. The lowest BCUT2D eigenvalue weighted by molar-refractivity contribution is 0.129. The highest BCUT2D eigenvalue weighted by Crippen LogP contribution is 2.42. The van der Waals surface area contributed by atoms with Crippen molar-refractivity contribution in [2.75, 3.05) is 6.54 Å². The molecule has 3 rings (SSSR count). The Morgan fingerprint density at radius 2 is 2.15 bits per heavy atom. The SMILES string of the molecule is NCC1(Cc2nc(-c3cc(F)cc(Br)c3)no2)CCC1. The Kier molecular flexibility index (Phi) is 3.60. The van der Waals surface area contributed by atoms with Crippen molar-refractivity contribution in [1.29, 1.82) is 0 Å². The molecule has 1 saturated carbocycles. The largest absolute Gasteiger partial charge is 0.339 e. The van der Waals surface area contributed by atoms with Gasteiger partial charge < -0.3 is 10.3 Å². The summed E-state index contributed by atoms with van der Waals surface area (Å²) in [5.74, 6) is 0.648. The van der Waals surface area contributed by atoms with E-state index in [0.717, 1.165) is 12.8 Å². The maximum Gasteiger partial charge on any atom is 0.227 e. The number of benzene rings is 1. The van der Waals surface area contributed by atoms with E-state index in [1.165, 1.54) is 18.6 Å². The van der Waals surface area contributed by atoms with E-state index in [9.17, 15) is 4.39 Å². The minimum atomic E-state index is -0.335. The molecule has 1 heterocycles. The first kappa shape index (κ1) is 13.7. The highest BCUT2D eigenvalue weighted by molar-refractivity contribution is 9.10. The molecule has 1 fully saturated rings. The van der Waals surface area contributed by atoms with Gasteiger partial charge in [-0.05, 0) is 43.0 Å². The minimum Gasteiger partial charge on any atom is -0.339 e. The molecule has 0 atom stereocenters. The van der Waals surface area contributed by atoms with Crippen LogP contribution in [0.3, 0.4) is 0 Å². The molecule has 2 N–H and O–H groups in total. The predicted molar refractivity (Wildman–Crippen MR) is 76.4 cm³/mol. The van der Waals surface area contributed by atoms with E-state index < -0.39 is 0 Å². The van der Waals surface area contributed by atoms with Crippen molar-refractivity contribution in [2.45, 2.75) is 25.7 Å². The summed E-state index contributed by atoms with van der Waals surface area (Å²) in [6.45, 7) is 0.635. The average molecular weight is 340 g/mol. The van der Waals surface area contributed by atoms with Crippen LogP contribution in [-0.4, -0.2) is 16.7 Å². The standard InChI is InChI=1S/C14H15BrFN3O/c15-10-4-9(5-11(16)6-10)13-18-12(20-19-13)7-14(8-17)2-1-3-14/h4-6H,1-3,7-8,17H2. The molecule has 1 aromatic carbocycles. The molecule has 0 bridgehead atoms. The Balaban J connectivity index is 1.83. The Morgan fingerprint density at radius 3 is 2.75 bits per heavy atom. The summed E-state index contributed by atoms with van der Waals surface area (Å²) in [4.78, 5) is 4.36. The van der Waals surface area contributed by atoms with E-state index in [1.54, 1.807) is 6.07 Å². The monoisotopic (exact) mass is 339 g/mol. The summed E-state index contributed by atoms with van der Waals surface area (Å²) >= 11 is 3.25. The van der Waals surface area contributed by atoms with Gasteiger partial charge in [0.05, 0.1) is 0 Å². The summed E-state index contributed by atoms with van der Waals surface area (Å²) in [6, 6.07) is 4.55. The Bertz CT molecular complexity index is 599. The molecule has 0 amide bonds. The van der Waals surface area contributed by atoms with Crippen LogP contribution in [-0.2, 0) is 6.42 Å². The Morgan fingerprint density at radius 1 is 1.35 bits per heavy atom. The van der Waals surface area contributed by atoms with Crippen molar-refractivity contribution in [3.05, 3.63) is 34.4 Å². The van der Waals surface area contributed by atoms with Gasteiger partial charge in [-0.3, -0.25) is 0 Å². The number of hydrogen-bond donors (Lipinski definition) is 1. The van der Waals surface area contributed by atoms with Gasteiger partial charge in [-0.25, -0.2) is 4.39 Å². The van der Waals surface area contributed by atoms with Crippen LogP contribution in [0.25, 0.3) is 11.4 Å². The minimum absolute atomic E-state index is 0.117. The predicted octanol–water partition coefficient (Wildman–Crippen LogP) is 3.31. The fraction of sp³-hybridized carbons (Fsp3) is 0.429. The van der Waals surface area contributed by atoms with Crippen molar-refractivity contribution in [3.63, 3.8) is 0 Å². The second-order valence-corrected chi connectivity index (χ2v) is 6.32. The van der Waals surface area contributed by atoms with E-state index in [2.05, 4.69) is 26.1 Å². The van der Waals surface area contributed by atoms with Gasteiger partial charge >= 0.3 is 0 Å². The summed E-state index contributed by atoms with van der Waals surface area (Å²) in [5.41, 5.74) is 6.55. The smallest absolute Gasteiger partial charge is 0.227 e. The van der Waals surface area contributed by atoms with Gasteiger partial charge in [0.2, 0.25) is 11.7 Å². The fourth-order valence-corrected chi connectivity index (χ4v) is 3.04. The van der Waals surface area contributed by atoms with E-state index in [4.69, 9.17) is 10.3 Å². The molecule has 0 radical (unpaired) electrons. The lowest BCUT2D eigenvalue weighted by atomic mass is 9.67. The fourth-order valence-electron chi connectivity index (χ4n) is 2.58. The van der Waals surface area contributed by atoms with Gasteiger partial charge in [-0.15, -0.1) is 0 Å². The van der Waals surface area contributed by atoms with Crippen molar-refractivity contribution >= 4 is 15.9 Å². The van der Waals surface area contributed by atoms with Gasteiger partial charge in [-0.1, -0.05) is 27.5 Å². The van der Waals surface area contributed by atoms with Crippen molar-refractivity contribution in [1.82, 2.24) is 10.1 Å². The molecule has 4 nitrogen and oxygen atoms in total. The van der Waals surface area contributed by atoms with Gasteiger partial charge in [-0.2, -0.15) is 4.98 Å². The average Bonchev–Trinajstić information content (AvgIpc) is 2.81. The van der Waals surface area contributed by atoms with Crippen molar-refractivity contribution < 1.29 is 8.91 Å². The number of aromatic nitrogens is 2. The van der Waals surface area contributed by atoms with Crippen LogP contribution < -0.4 is 5.73 Å². The zero-order valence-electron chi connectivity index (χ0n) is 10.9. The number of rotatable bonds is 4. The van der Waals surface area contributed by atoms with Crippen LogP contribution in [0, 0.1) is 11.2 Å². The molecular formula is C14H15BrFN3O. The molecule has 0 unspecified atom stereocenters. The molecule has 6 heteroatoms. The van der Waals surface area contributed by atoms with Crippen molar-refractivity contribution in [2.24, 2.45) is 11.1 Å². The highest BCUT2D eigenvalue weighted by atomic mass is 79.9. The maximum atomic E-state index is 13.4. The van der Waals surface area contributed by atoms with E-state index in [-0.39, 0.29) is 11.2 Å². The lowest BCUT2D eigenvalue weighted by Gasteiger charge is -2.39. The summed E-state index contributed by atoms with van der Waals surface area (Å²) in [7, 11) is 0. The van der Waals surface area contributed by atoms with Gasteiger partial charge in [0, 0.05) is 16.5 Å². The Labute approximate surface area is 124 Å². The van der Waals surface area contributed by atoms with Crippen LogP contribution in [0.1, 0.15) is 25.2 Å². The first-order valence-electron chi connectivity index (χ1n) is 6.59. The number of nitrogens with two attached hydrogens (primary N) is 1. The van der Waals surface area contributed by atoms with Crippen LogP contribution in [0.15, 0.2) is 27.2 Å². The van der Waals surface area contributed by atoms with Gasteiger partial charge in [0.1, 0.15) is 5.82 Å². The summed E-state index contributed by atoms with van der Waals surface area (Å²) < 4.78 is 19.3. The maximum absolute atomic E-state index is 13.4. The first-order chi connectivity index (χ1) is 9.60. The van der Waals surface area contributed by atoms with E-state index in [1.807, 2.05) is 0 Å². The summed E-state index contributed by atoms with van der Waals surface area (Å²) in [6.07, 6.45) is 4.11. The molecule has 0 saturated heterocycles. The lowest BCUT2D eigenvalue weighted by Crippen LogP contribution is -2.39. The quantitative estimate of drug-likeness (QED) is 0.927. The number of halogens is 2. The third-order valence-electron chi connectivity index (χ3n) is 3.96. The number of hydrogen-bond acceptors (Lipinski definition) is 4. The third kappa shape index (κ3) is 2.62. The Hall–Kier alpha value is -1.27.